The van der Waals surface area contributed by atoms with Crippen molar-refractivity contribution < 1.29 is 9.47 Å². The van der Waals surface area contributed by atoms with E-state index in [0.717, 1.165) is 77.9 Å². The van der Waals surface area contributed by atoms with Crippen molar-refractivity contribution in [2.24, 2.45) is 0 Å². The maximum Gasteiger partial charge on any atom is 0.119 e. The Hall–Kier alpha value is -3.06. The van der Waals surface area contributed by atoms with Crippen LogP contribution in [0.1, 0.15) is 16.7 Å². The van der Waals surface area contributed by atoms with Gasteiger partial charge < -0.3 is 24.2 Å². The van der Waals surface area contributed by atoms with Crippen LogP contribution in [-0.2, 0) is 24.4 Å². The molecule has 6 nitrogen and oxygen atoms in total. The molecule has 2 saturated heterocycles. The summed E-state index contributed by atoms with van der Waals surface area (Å²) in [5.74, 6) is 0.897. The van der Waals surface area contributed by atoms with Crippen LogP contribution in [0.15, 0.2) is 72.8 Å². The van der Waals surface area contributed by atoms with Gasteiger partial charge in [0.15, 0.2) is 0 Å². The Morgan fingerprint density at radius 2 is 1.43 bits per heavy atom. The van der Waals surface area contributed by atoms with Crippen molar-refractivity contribution >= 4 is 11.4 Å². The lowest BCUT2D eigenvalue weighted by atomic mass is 10.1. The molecular formula is C31H40N4O2. The van der Waals surface area contributed by atoms with Crippen molar-refractivity contribution in [3.63, 3.8) is 0 Å². The lowest BCUT2D eigenvalue weighted by Crippen LogP contribution is -2.43. The fourth-order valence-electron chi connectivity index (χ4n) is 5.20. The molecule has 0 bridgehead atoms. The summed E-state index contributed by atoms with van der Waals surface area (Å²) < 4.78 is 11.1. The van der Waals surface area contributed by atoms with Gasteiger partial charge in [-0.05, 0) is 60.1 Å². The van der Waals surface area contributed by atoms with Crippen LogP contribution in [0.3, 0.4) is 0 Å². The minimum atomic E-state index is 0.798. The second-order valence-corrected chi connectivity index (χ2v) is 10.2. The predicted molar refractivity (Wildman–Crippen MR) is 152 cm³/mol. The minimum Gasteiger partial charge on any atom is -0.497 e. The topological polar surface area (TPSA) is 31.4 Å². The highest BCUT2D eigenvalue weighted by Crippen LogP contribution is 2.25. The third kappa shape index (κ3) is 7.04. The molecule has 0 saturated carbocycles. The molecule has 0 N–H and O–H groups in total. The lowest BCUT2D eigenvalue weighted by Gasteiger charge is -2.32. The highest BCUT2D eigenvalue weighted by Gasteiger charge is 2.16. The fourth-order valence-corrected chi connectivity index (χ4v) is 5.20. The number of likely N-dealkylation sites (N-methyl/N-ethyl adjacent to an activating group) is 1. The van der Waals surface area contributed by atoms with E-state index in [1.807, 2.05) is 6.07 Å². The molecule has 0 spiro atoms. The van der Waals surface area contributed by atoms with Crippen molar-refractivity contribution in [2.75, 3.05) is 76.4 Å². The van der Waals surface area contributed by atoms with Crippen LogP contribution < -0.4 is 14.5 Å². The largest absolute Gasteiger partial charge is 0.497 e. The van der Waals surface area contributed by atoms with Gasteiger partial charge in [-0.15, -0.1) is 0 Å². The normalized spacial score (nSPS) is 17.1. The monoisotopic (exact) mass is 500 g/mol. The van der Waals surface area contributed by atoms with Crippen LogP contribution in [0.25, 0.3) is 0 Å². The van der Waals surface area contributed by atoms with Gasteiger partial charge in [0.25, 0.3) is 0 Å². The van der Waals surface area contributed by atoms with E-state index in [0.29, 0.717) is 0 Å². The summed E-state index contributed by atoms with van der Waals surface area (Å²) in [4.78, 5) is 9.85. The van der Waals surface area contributed by atoms with E-state index in [2.05, 4.69) is 93.4 Å². The second kappa shape index (κ2) is 12.5. The maximum atomic E-state index is 5.56. The smallest absolute Gasteiger partial charge is 0.119 e. The number of hydrogen-bond donors (Lipinski definition) is 0. The predicted octanol–water partition coefficient (Wildman–Crippen LogP) is 4.49. The van der Waals surface area contributed by atoms with Crippen molar-refractivity contribution in [1.82, 2.24) is 9.80 Å². The molecule has 196 valence electrons. The van der Waals surface area contributed by atoms with Crippen molar-refractivity contribution in [3.05, 3.63) is 89.5 Å². The van der Waals surface area contributed by atoms with Gasteiger partial charge in [0.05, 0.1) is 20.3 Å². The summed E-state index contributed by atoms with van der Waals surface area (Å²) in [5.41, 5.74) is 6.45. The molecule has 0 aliphatic carbocycles. The van der Waals surface area contributed by atoms with Crippen LogP contribution in [0, 0.1) is 0 Å². The molecule has 0 aromatic heterocycles. The molecule has 5 rings (SSSR count). The van der Waals surface area contributed by atoms with E-state index in [4.69, 9.17) is 9.47 Å². The van der Waals surface area contributed by atoms with Crippen LogP contribution in [0.2, 0.25) is 0 Å². The van der Waals surface area contributed by atoms with E-state index in [1.165, 1.54) is 28.1 Å². The third-order valence-electron chi connectivity index (χ3n) is 7.47. The maximum absolute atomic E-state index is 5.56. The number of nitrogens with zero attached hydrogens (tertiary/aromatic N) is 4. The number of piperazine rings is 1. The fraction of sp³-hybridized carbons (Fsp3) is 0.419. The first-order chi connectivity index (χ1) is 18.2. The zero-order chi connectivity index (χ0) is 25.5. The van der Waals surface area contributed by atoms with Crippen LogP contribution in [-0.4, -0.2) is 76.4 Å². The molecule has 2 aliphatic rings. The Morgan fingerprint density at radius 3 is 2.14 bits per heavy atom. The van der Waals surface area contributed by atoms with Gasteiger partial charge in [-0.3, -0.25) is 4.90 Å². The number of ether oxygens (including phenoxy) is 2. The van der Waals surface area contributed by atoms with Gasteiger partial charge in [0.2, 0.25) is 0 Å². The number of methoxy groups -OCH3 is 1. The summed E-state index contributed by atoms with van der Waals surface area (Å²) in [7, 11) is 3.94. The van der Waals surface area contributed by atoms with Gasteiger partial charge in [0.1, 0.15) is 5.75 Å². The first kappa shape index (κ1) is 25.6. The number of anilines is 2. The molecule has 3 aromatic carbocycles. The van der Waals surface area contributed by atoms with E-state index in [1.54, 1.807) is 7.11 Å². The average molecular weight is 501 g/mol. The molecule has 0 amide bonds. The Balaban J connectivity index is 1.34. The number of hydrogen-bond acceptors (Lipinski definition) is 6. The lowest BCUT2D eigenvalue weighted by molar-refractivity contribution is 0.122. The van der Waals surface area contributed by atoms with Gasteiger partial charge in [-0.2, -0.15) is 0 Å². The summed E-state index contributed by atoms with van der Waals surface area (Å²) in [5, 5.41) is 0. The van der Waals surface area contributed by atoms with Gasteiger partial charge in [0, 0.05) is 70.3 Å². The first-order valence-corrected chi connectivity index (χ1v) is 13.5. The molecule has 3 aromatic rings. The number of benzene rings is 3. The van der Waals surface area contributed by atoms with Crippen LogP contribution >= 0.6 is 0 Å². The number of morpholine rings is 1. The highest BCUT2D eigenvalue weighted by atomic mass is 16.5. The Morgan fingerprint density at radius 1 is 0.757 bits per heavy atom. The van der Waals surface area contributed by atoms with Crippen molar-refractivity contribution in [3.8, 4) is 5.75 Å². The summed E-state index contributed by atoms with van der Waals surface area (Å²) in [6.07, 6.45) is 0. The standard InChI is InChI=1S/C31H40N4O2/c1-32-13-15-33(16-14-32)23-26-9-11-29(12-10-26)35(25-28-6-4-8-31(22-28)36-2)24-27-5-3-7-30(21-27)34-17-19-37-20-18-34/h3-12,21-22H,13-20,23-25H2,1-2H3. The minimum absolute atomic E-state index is 0.798. The third-order valence-corrected chi connectivity index (χ3v) is 7.47. The van der Waals surface area contributed by atoms with E-state index < -0.39 is 0 Å². The Bertz CT molecular complexity index is 1120. The van der Waals surface area contributed by atoms with Crippen molar-refractivity contribution in [1.29, 1.82) is 0 Å². The van der Waals surface area contributed by atoms with E-state index in [-0.39, 0.29) is 0 Å². The van der Waals surface area contributed by atoms with Crippen molar-refractivity contribution in [2.45, 2.75) is 19.6 Å². The average Bonchev–Trinajstić information content (AvgIpc) is 2.95. The Labute approximate surface area is 222 Å². The van der Waals surface area contributed by atoms with E-state index in [9.17, 15) is 0 Å². The molecule has 0 radical (unpaired) electrons. The molecular weight excluding hydrogens is 460 g/mol. The zero-order valence-electron chi connectivity index (χ0n) is 22.3. The summed E-state index contributed by atoms with van der Waals surface area (Å²) in [6, 6.07) is 26.6. The molecule has 2 aliphatic heterocycles. The molecule has 0 atom stereocenters. The summed E-state index contributed by atoms with van der Waals surface area (Å²) in [6.45, 7) is 10.7. The molecule has 2 fully saturated rings. The van der Waals surface area contributed by atoms with E-state index >= 15 is 0 Å². The second-order valence-electron chi connectivity index (χ2n) is 10.2. The van der Waals surface area contributed by atoms with Gasteiger partial charge >= 0.3 is 0 Å². The molecule has 0 unspecified atom stereocenters. The molecule has 6 heteroatoms. The zero-order valence-corrected chi connectivity index (χ0v) is 22.3. The number of rotatable bonds is 9. The highest BCUT2D eigenvalue weighted by molar-refractivity contribution is 5.52. The molecule has 37 heavy (non-hydrogen) atoms. The van der Waals surface area contributed by atoms with Gasteiger partial charge in [-0.25, -0.2) is 0 Å². The van der Waals surface area contributed by atoms with Crippen LogP contribution in [0.5, 0.6) is 5.75 Å². The molecule has 2 heterocycles. The quantitative estimate of drug-likeness (QED) is 0.431. The SMILES string of the molecule is COc1cccc(CN(Cc2cccc(N3CCOCC3)c2)c2ccc(CN3CCN(C)CC3)cc2)c1. The summed E-state index contributed by atoms with van der Waals surface area (Å²) >= 11 is 0. The Kier molecular flexibility index (Phi) is 8.61. The first-order valence-electron chi connectivity index (χ1n) is 13.5. The van der Waals surface area contributed by atoms with Crippen LogP contribution in [0.4, 0.5) is 11.4 Å². The van der Waals surface area contributed by atoms with Gasteiger partial charge in [-0.1, -0.05) is 36.4 Å².